The Balaban J connectivity index is 1.85. The number of benzene rings is 4. The molecule has 0 aliphatic carbocycles. The first-order valence-electron chi connectivity index (χ1n) is 9.76. The fraction of sp³-hybridized carbons (Fsp3) is 0. The van der Waals surface area contributed by atoms with Crippen molar-refractivity contribution < 1.29 is 5.78 Å². The zero-order chi connectivity index (χ0) is 21.5. The van der Waals surface area contributed by atoms with Crippen LogP contribution in [0.5, 0.6) is 0 Å². The van der Waals surface area contributed by atoms with E-state index in [-0.39, 0.29) is 11.4 Å². The monoisotopic (exact) mass is 528 g/mol. The molecule has 0 heterocycles. The summed E-state index contributed by atoms with van der Waals surface area (Å²) in [7, 11) is 0. The van der Waals surface area contributed by atoms with Crippen molar-refractivity contribution in [2.24, 2.45) is 6.49 Å². The SMILES string of the molecule is F[Te](F)(N=C(c1ccccc1)c1ccccc1)N=C(c1ccccc1)c1ccccc1. The maximum atomic E-state index is 15.5. The van der Waals surface area contributed by atoms with Gasteiger partial charge in [0, 0.05) is 0 Å². The van der Waals surface area contributed by atoms with Gasteiger partial charge in [-0.2, -0.15) is 0 Å². The van der Waals surface area contributed by atoms with Gasteiger partial charge in [0.05, 0.1) is 0 Å². The van der Waals surface area contributed by atoms with Gasteiger partial charge in [-0.15, -0.1) is 0 Å². The predicted molar refractivity (Wildman–Crippen MR) is 125 cm³/mol. The van der Waals surface area contributed by atoms with Gasteiger partial charge < -0.3 is 0 Å². The predicted octanol–water partition coefficient (Wildman–Crippen LogP) is 6.44. The molecule has 0 amide bonds. The molecule has 4 aromatic carbocycles. The summed E-state index contributed by atoms with van der Waals surface area (Å²) in [6, 6.07) is 36.3. The van der Waals surface area contributed by atoms with Crippen molar-refractivity contribution in [3.63, 3.8) is 0 Å². The Labute approximate surface area is 186 Å². The number of rotatable bonds is 6. The average Bonchev–Trinajstić information content (AvgIpc) is 2.83. The maximum absolute atomic E-state index is 15.5. The van der Waals surface area contributed by atoms with Crippen LogP contribution in [-0.2, 0) is 0 Å². The van der Waals surface area contributed by atoms with Gasteiger partial charge in [0.2, 0.25) is 0 Å². The van der Waals surface area contributed by atoms with Crippen LogP contribution in [0.25, 0.3) is 0 Å². The van der Waals surface area contributed by atoms with Gasteiger partial charge in [-0.05, 0) is 0 Å². The first-order valence-corrected chi connectivity index (χ1v) is 13.6. The van der Waals surface area contributed by atoms with Crippen LogP contribution >= 0.6 is 0 Å². The molecule has 0 aliphatic heterocycles. The molecular weight excluding hydrogens is 506 g/mol. The molecule has 4 aromatic rings. The second-order valence-electron chi connectivity index (χ2n) is 6.76. The summed E-state index contributed by atoms with van der Waals surface area (Å²) >= 11 is -6.02. The van der Waals surface area contributed by atoms with Gasteiger partial charge in [0.1, 0.15) is 0 Å². The molecule has 0 aromatic heterocycles. The molecule has 5 heteroatoms. The van der Waals surface area contributed by atoms with Crippen LogP contribution in [0, 0.1) is 0 Å². The van der Waals surface area contributed by atoms with Crippen molar-refractivity contribution in [2.45, 2.75) is 0 Å². The zero-order valence-electron chi connectivity index (χ0n) is 16.6. The van der Waals surface area contributed by atoms with Crippen LogP contribution in [0.1, 0.15) is 22.3 Å². The Morgan fingerprint density at radius 3 is 0.871 bits per heavy atom. The van der Waals surface area contributed by atoms with E-state index in [1.165, 1.54) is 0 Å². The molecule has 0 unspecified atom stereocenters. The van der Waals surface area contributed by atoms with Gasteiger partial charge >= 0.3 is 187 Å². The summed E-state index contributed by atoms with van der Waals surface area (Å²) in [5.74, 6) is 0. The van der Waals surface area contributed by atoms with E-state index in [9.17, 15) is 0 Å². The Bertz CT molecular complexity index is 999. The van der Waals surface area contributed by atoms with Gasteiger partial charge in [-0.1, -0.05) is 0 Å². The summed E-state index contributed by atoms with van der Waals surface area (Å²) in [5.41, 5.74) is 3.15. The minimum absolute atomic E-state index is 0.275. The Morgan fingerprint density at radius 1 is 0.419 bits per heavy atom. The van der Waals surface area contributed by atoms with Gasteiger partial charge in [-0.25, -0.2) is 0 Å². The molecule has 0 aliphatic rings. The molecule has 31 heavy (non-hydrogen) atoms. The molecule has 154 valence electrons. The first-order chi connectivity index (χ1) is 15.1. The molecule has 0 N–H and O–H groups in total. The molecule has 0 fully saturated rings. The molecular formula is C26H20F2N2Te. The Hall–Kier alpha value is -3.13. The van der Waals surface area contributed by atoms with Crippen molar-refractivity contribution in [1.82, 2.24) is 0 Å². The van der Waals surface area contributed by atoms with E-state index in [1.807, 2.05) is 72.8 Å². The molecule has 0 radical (unpaired) electrons. The number of halogens is 2. The van der Waals surface area contributed by atoms with Crippen molar-refractivity contribution in [2.75, 3.05) is 0 Å². The van der Waals surface area contributed by atoms with Crippen molar-refractivity contribution in [3.05, 3.63) is 144 Å². The summed E-state index contributed by atoms with van der Waals surface area (Å²) in [5, 5.41) is 0. The van der Waals surface area contributed by atoms with E-state index in [1.54, 1.807) is 48.5 Å². The van der Waals surface area contributed by atoms with Crippen LogP contribution in [0.2, 0.25) is 0 Å². The normalized spacial score (nSPS) is 11.4. The van der Waals surface area contributed by atoms with E-state index in [4.69, 9.17) is 0 Å². The summed E-state index contributed by atoms with van der Waals surface area (Å²) in [6.45, 7) is 0. The molecule has 0 spiro atoms. The third kappa shape index (κ3) is 5.52. The van der Waals surface area contributed by atoms with E-state index in [0.717, 1.165) is 0 Å². The van der Waals surface area contributed by atoms with Crippen LogP contribution < -0.4 is 0 Å². The minimum atomic E-state index is -6.02. The van der Waals surface area contributed by atoms with Crippen molar-refractivity contribution in [3.8, 4) is 0 Å². The van der Waals surface area contributed by atoms with Crippen LogP contribution in [0.4, 0.5) is 5.78 Å². The summed E-state index contributed by atoms with van der Waals surface area (Å²) in [6.07, 6.45) is 0. The van der Waals surface area contributed by atoms with Crippen LogP contribution in [0.3, 0.4) is 0 Å². The fourth-order valence-corrected chi connectivity index (χ4v) is 5.74. The fourth-order valence-electron chi connectivity index (χ4n) is 3.17. The van der Waals surface area contributed by atoms with Crippen LogP contribution in [-0.4, -0.2) is 31.3 Å². The third-order valence-corrected chi connectivity index (χ3v) is 6.89. The molecule has 0 saturated heterocycles. The number of hydrogen-bond donors (Lipinski definition) is 0. The van der Waals surface area contributed by atoms with Crippen molar-refractivity contribution >= 4 is 31.3 Å². The van der Waals surface area contributed by atoms with Gasteiger partial charge in [0.25, 0.3) is 0 Å². The van der Waals surface area contributed by atoms with Gasteiger partial charge in [0.15, 0.2) is 0 Å². The van der Waals surface area contributed by atoms with E-state index in [2.05, 4.69) is 6.49 Å². The topological polar surface area (TPSA) is 24.7 Å². The third-order valence-electron chi connectivity index (χ3n) is 4.59. The second-order valence-corrected chi connectivity index (χ2v) is 10.2. The number of hydrogen-bond acceptors (Lipinski definition) is 2. The summed E-state index contributed by atoms with van der Waals surface area (Å²) in [4.78, 5) is 0. The standard InChI is InChI=1S/C26H20F2N2Te/c27-31(28,29-25(21-13-5-1-6-14-21)22-15-7-2-8-16-22)30-26(23-17-9-3-10-18-23)24-19-11-4-12-20-24/h1-20H. The second kappa shape index (κ2) is 9.78. The summed E-state index contributed by atoms with van der Waals surface area (Å²) < 4.78 is 39.0. The van der Waals surface area contributed by atoms with E-state index >= 15 is 5.78 Å². The Morgan fingerprint density at radius 2 is 0.645 bits per heavy atom. The van der Waals surface area contributed by atoms with E-state index in [0.29, 0.717) is 22.3 Å². The van der Waals surface area contributed by atoms with Gasteiger partial charge in [-0.3, -0.25) is 0 Å². The first kappa shape index (κ1) is 21.1. The average molecular weight is 526 g/mol. The quantitative estimate of drug-likeness (QED) is 0.204. The van der Waals surface area contributed by atoms with Crippen molar-refractivity contribution in [1.29, 1.82) is 0 Å². The molecule has 2 nitrogen and oxygen atoms in total. The molecule has 0 bridgehead atoms. The molecule has 0 saturated carbocycles. The zero-order valence-corrected chi connectivity index (χ0v) is 18.9. The Kier molecular flexibility index (Phi) is 6.66. The van der Waals surface area contributed by atoms with E-state index < -0.39 is 19.9 Å². The number of nitrogens with zero attached hydrogens (tertiary/aromatic N) is 2. The molecule has 0 atom stereocenters. The van der Waals surface area contributed by atoms with Crippen LogP contribution in [0.15, 0.2) is 128 Å². The molecule has 4 rings (SSSR count).